The van der Waals surface area contributed by atoms with Gasteiger partial charge in [0.05, 0.1) is 0 Å². The Morgan fingerprint density at radius 2 is 1.70 bits per heavy atom. The molecule has 0 aliphatic rings. The molecule has 0 aliphatic heterocycles. The lowest BCUT2D eigenvalue weighted by molar-refractivity contribution is 0.0693. The minimum absolute atomic E-state index is 0.0437. The lowest BCUT2D eigenvalue weighted by atomic mass is 9.78. The third-order valence-electron chi connectivity index (χ3n) is 5.58. The summed E-state index contributed by atoms with van der Waals surface area (Å²) in [5, 5.41) is 20.0. The van der Waals surface area contributed by atoms with Gasteiger partial charge >= 0.3 is 5.97 Å². The Morgan fingerprint density at radius 3 is 2.30 bits per heavy atom. The summed E-state index contributed by atoms with van der Waals surface area (Å²) < 4.78 is 0. The molecule has 154 valence electrons. The van der Waals surface area contributed by atoms with Gasteiger partial charge in [-0.2, -0.15) is 0 Å². The number of aryl methyl sites for hydroxylation is 1. The van der Waals surface area contributed by atoms with Gasteiger partial charge in [0.1, 0.15) is 11.3 Å². The number of phenols is 1. The molecule has 0 radical (unpaired) electrons. The van der Waals surface area contributed by atoms with Crippen LogP contribution in [0.3, 0.4) is 0 Å². The van der Waals surface area contributed by atoms with Crippen LogP contribution in [0.5, 0.6) is 5.75 Å². The lowest BCUT2D eigenvalue weighted by Crippen LogP contribution is -2.18. The topological polar surface area (TPSA) is 57.5 Å². The molecule has 3 heteroatoms. The van der Waals surface area contributed by atoms with E-state index < -0.39 is 5.97 Å². The van der Waals surface area contributed by atoms with Crippen LogP contribution < -0.4 is 0 Å². The van der Waals surface area contributed by atoms with Crippen molar-refractivity contribution in [3.05, 3.63) is 28.8 Å². The molecule has 0 amide bonds. The lowest BCUT2D eigenvalue weighted by Gasteiger charge is -2.27. The first kappa shape index (κ1) is 23.5. The van der Waals surface area contributed by atoms with Gasteiger partial charge < -0.3 is 10.2 Å². The van der Waals surface area contributed by atoms with E-state index in [0.29, 0.717) is 0 Å². The van der Waals surface area contributed by atoms with Gasteiger partial charge in [-0.15, -0.1) is 0 Å². The molecule has 0 spiro atoms. The first-order chi connectivity index (χ1) is 12.7. The fourth-order valence-electron chi connectivity index (χ4n) is 3.62. The van der Waals surface area contributed by atoms with Gasteiger partial charge in [0.15, 0.2) is 0 Å². The van der Waals surface area contributed by atoms with Crippen LogP contribution >= 0.6 is 0 Å². The molecule has 1 aromatic carbocycles. The molecule has 0 atom stereocenters. The SMILES string of the molecule is CCCCCC(C)(C)c1cc(CCCCCCC(C)C)c(O)c(C(=O)O)c1. The molecule has 3 nitrogen and oxygen atoms in total. The van der Waals surface area contributed by atoms with E-state index in [4.69, 9.17) is 0 Å². The van der Waals surface area contributed by atoms with Gasteiger partial charge in [-0.1, -0.05) is 85.6 Å². The molecule has 1 rings (SSSR count). The number of aromatic carboxylic acids is 1. The standard InChI is InChI=1S/C24H40O3/c1-6-7-12-15-24(4,5)20-16-19(22(25)21(17-20)23(26)27)14-11-9-8-10-13-18(2)3/h16-18,25H,6-15H2,1-5H3,(H,26,27). The van der Waals surface area contributed by atoms with E-state index in [-0.39, 0.29) is 16.7 Å². The van der Waals surface area contributed by atoms with Crippen LogP contribution in [-0.4, -0.2) is 16.2 Å². The zero-order chi connectivity index (χ0) is 20.4. The summed E-state index contributed by atoms with van der Waals surface area (Å²) in [6.07, 6.45) is 11.1. The van der Waals surface area contributed by atoms with Crippen molar-refractivity contribution in [2.45, 2.75) is 104 Å². The van der Waals surface area contributed by atoms with Gasteiger partial charge in [0, 0.05) is 0 Å². The maximum atomic E-state index is 11.6. The van der Waals surface area contributed by atoms with Gasteiger partial charge in [-0.25, -0.2) is 4.79 Å². The average Bonchev–Trinajstić information content (AvgIpc) is 2.58. The molecular weight excluding hydrogens is 336 g/mol. The number of benzene rings is 1. The van der Waals surface area contributed by atoms with Crippen molar-refractivity contribution in [2.24, 2.45) is 5.92 Å². The number of hydrogen-bond donors (Lipinski definition) is 2. The summed E-state index contributed by atoms with van der Waals surface area (Å²) in [6, 6.07) is 3.72. The number of rotatable bonds is 13. The third kappa shape index (κ3) is 7.94. The Balaban J connectivity index is 2.86. The van der Waals surface area contributed by atoms with Crippen molar-refractivity contribution in [3.8, 4) is 5.75 Å². The number of carboxylic acids is 1. The minimum atomic E-state index is -1.04. The molecule has 0 saturated heterocycles. The summed E-state index contributed by atoms with van der Waals surface area (Å²) in [7, 11) is 0. The van der Waals surface area contributed by atoms with Crippen LogP contribution in [0.2, 0.25) is 0 Å². The second-order valence-corrected chi connectivity index (χ2v) is 9.02. The molecule has 2 N–H and O–H groups in total. The largest absolute Gasteiger partial charge is 0.507 e. The van der Waals surface area contributed by atoms with Crippen LogP contribution in [0.1, 0.15) is 114 Å². The zero-order valence-corrected chi connectivity index (χ0v) is 18.1. The van der Waals surface area contributed by atoms with Gasteiger partial charge in [-0.05, 0) is 47.8 Å². The Bertz CT molecular complexity index is 588. The fourth-order valence-corrected chi connectivity index (χ4v) is 3.62. The first-order valence-electron chi connectivity index (χ1n) is 10.8. The first-order valence-corrected chi connectivity index (χ1v) is 10.8. The highest BCUT2D eigenvalue weighted by atomic mass is 16.4. The molecule has 0 heterocycles. The molecule has 0 fully saturated rings. The highest BCUT2D eigenvalue weighted by molar-refractivity contribution is 5.91. The third-order valence-corrected chi connectivity index (χ3v) is 5.58. The molecule has 0 saturated carbocycles. The van der Waals surface area contributed by atoms with Crippen molar-refractivity contribution in [3.63, 3.8) is 0 Å². The Hall–Kier alpha value is -1.51. The second-order valence-electron chi connectivity index (χ2n) is 9.02. The van der Waals surface area contributed by atoms with E-state index in [1.54, 1.807) is 6.07 Å². The predicted molar refractivity (Wildman–Crippen MR) is 114 cm³/mol. The number of carbonyl (C=O) groups is 1. The van der Waals surface area contributed by atoms with E-state index >= 15 is 0 Å². The average molecular weight is 377 g/mol. The number of hydrogen-bond acceptors (Lipinski definition) is 2. The monoisotopic (exact) mass is 376 g/mol. The van der Waals surface area contributed by atoms with Crippen molar-refractivity contribution >= 4 is 5.97 Å². The van der Waals surface area contributed by atoms with Crippen LogP contribution in [0.4, 0.5) is 0 Å². The van der Waals surface area contributed by atoms with Crippen molar-refractivity contribution in [2.75, 3.05) is 0 Å². The van der Waals surface area contributed by atoms with Gasteiger partial charge in [0.25, 0.3) is 0 Å². The van der Waals surface area contributed by atoms with Crippen LogP contribution in [0.15, 0.2) is 12.1 Å². The summed E-state index contributed by atoms with van der Waals surface area (Å²) in [5.41, 5.74) is 1.78. The molecule has 0 unspecified atom stereocenters. The molecule has 27 heavy (non-hydrogen) atoms. The van der Waals surface area contributed by atoms with E-state index in [1.807, 2.05) is 6.07 Å². The molecule has 0 aromatic heterocycles. The fraction of sp³-hybridized carbons (Fsp3) is 0.708. The Kier molecular flexibility index (Phi) is 9.90. The highest BCUT2D eigenvalue weighted by Crippen LogP contribution is 2.35. The maximum Gasteiger partial charge on any atom is 0.339 e. The van der Waals surface area contributed by atoms with Crippen molar-refractivity contribution in [1.82, 2.24) is 0 Å². The number of aromatic hydroxyl groups is 1. The highest BCUT2D eigenvalue weighted by Gasteiger charge is 2.24. The smallest absolute Gasteiger partial charge is 0.339 e. The van der Waals surface area contributed by atoms with Crippen molar-refractivity contribution in [1.29, 1.82) is 0 Å². The van der Waals surface area contributed by atoms with Crippen molar-refractivity contribution < 1.29 is 15.0 Å². The summed E-state index contributed by atoms with van der Waals surface area (Å²) >= 11 is 0. The summed E-state index contributed by atoms with van der Waals surface area (Å²) in [6.45, 7) is 11.0. The van der Waals surface area contributed by atoms with Crippen LogP contribution in [0.25, 0.3) is 0 Å². The summed E-state index contributed by atoms with van der Waals surface area (Å²) in [5.74, 6) is -0.339. The second kappa shape index (κ2) is 11.4. The van der Waals surface area contributed by atoms with Gasteiger partial charge in [0.2, 0.25) is 0 Å². The summed E-state index contributed by atoms with van der Waals surface area (Å²) in [4.78, 5) is 11.6. The Morgan fingerprint density at radius 1 is 1.04 bits per heavy atom. The van der Waals surface area contributed by atoms with E-state index in [9.17, 15) is 15.0 Å². The van der Waals surface area contributed by atoms with Crippen LogP contribution in [-0.2, 0) is 11.8 Å². The zero-order valence-electron chi connectivity index (χ0n) is 18.1. The predicted octanol–water partition coefficient (Wildman–Crippen LogP) is 7.10. The Labute approximate surface area is 166 Å². The molecule has 1 aromatic rings. The molecule has 0 bridgehead atoms. The van der Waals surface area contributed by atoms with Gasteiger partial charge in [-0.3, -0.25) is 0 Å². The van der Waals surface area contributed by atoms with E-state index in [1.165, 1.54) is 32.1 Å². The minimum Gasteiger partial charge on any atom is -0.507 e. The van der Waals surface area contributed by atoms with E-state index in [0.717, 1.165) is 49.1 Å². The quantitative estimate of drug-likeness (QED) is 0.361. The van der Waals surface area contributed by atoms with E-state index in [2.05, 4.69) is 34.6 Å². The number of unbranched alkanes of at least 4 members (excludes halogenated alkanes) is 5. The maximum absolute atomic E-state index is 11.6. The molecule has 0 aliphatic carbocycles. The van der Waals surface area contributed by atoms with Crippen LogP contribution in [0, 0.1) is 5.92 Å². The number of carboxylic acid groups (broad SMARTS) is 1. The normalized spacial score (nSPS) is 11.9. The molecular formula is C24H40O3.